The third-order valence-corrected chi connectivity index (χ3v) is 6.09. The fraction of sp³-hybridized carbons (Fsp3) is 0.591. The molecule has 0 unspecified atom stereocenters. The van der Waals surface area contributed by atoms with Crippen LogP contribution in [0.5, 0.6) is 5.75 Å². The van der Waals surface area contributed by atoms with Crippen molar-refractivity contribution < 1.29 is 13.9 Å². The molecule has 0 atom stereocenters. The molecule has 1 saturated carbocycles. The van der Waals surface area contributed by atoms with Crippen LogP contribution in [0, 0.1) is 5.92 Å². The Bertz CT molecular complexity index is 789. The van der Waals surface area contributed by atoms with E-state index >= 15 is 0 Å². The van der Waals surface area contributed by atoms with Crippen molar-refractivity contribution >= 4 is 11.9 Å². The van der Waals surface area contributed by atoms with Gasteiger partial charge in [-0.25, -0.2) is 0 Å². The highest BCUT2D eigenvalue weighted by molar-refractivity contribution is 5.79. The van der Waals surface area contributed by atoms with E-state index in [1.54, 1.807) is 7.11 Å². The van der Waals surface area contributed by atoms with Crippen molar-refractivity contribution in [2.45, 2.75) is 57.4 Å². The second-order valence-electron chi connectivity index (χ2n) is 8.08. The van der Waals surface area contributed by atoms with Gasteiger partial charge >= 0.3 is 6.01 Å². The number of ether oxygens (including phenoxy) is 1. The number of carbonyl (C=O) groups is 1. The first-order chi connectivity index (χ1) is 14.2. The Kier molecular flexibility index (Phi) is 6.32. The van der Waals surface area contributed by atoms with E-state index in [1.165, 1.54) is 25.7 Å². The predicted molar refractivity (Wildman–Crippen MR) is 111 cm³/mol. The molecule has 1 aromatic carbocycles. The first kappa shape index (κ1) is 19.7. The van der Waals surface area contributed by atoms with E-state index in [0.29, 0.717) is 17.9 Å². The molecular weight excluding hydrogens is 368 g/mol. The van der Waals surface area contributed by atoms with E-state index in [0.717, 1.165) is 50.1 Å². The number of benzene rings is 1. The zero-order valence-electron chi connectivity index (χ0n) is 17.1. The molecule has 1 N–H and O–H groups in total. The molecule has 29 heavy (non-hydrogen) atoms. The van der Waals surface area contributed by atoms with Crippen molar-refractivity contribution in [2.24, 2.45) is 5.92 Å². The zero-order valence-corrected chi connectivity index (χ0v) is 17.1. The molecule has 1 aliphatic carbocycles. The molecular formula is C22H30N4O3. The zero-order chi connectivity index (χ0) is 20.1. The smallest absolute Gasteiger partial charge is 0.318 e. The molecule has 0 radical (unpaired) electrons. The average Bonchev–Trinajstić information content (AvgIpc) is 3.12. The minimum Gasteiger partial charge on any atom is -0.497 e. The topological polar surface area (TPSA) is 80.5 Å². The molecule has 2 aliphatic rings. The fourth-order valence-electron chi connectivity index (χ4n) is 4.27. The molecule has 156 valence electrons. The third kappa shape index (κ3) is 4.89. The summed E-state index contributed by atoms with van der Waals surface area (Å²) in [5.41, 5.74) is 0.863. The van der Waals surface area contributed by atoms with Gasteiger partial charge in [-0.2, -0.15) is 0 Å². The lowest BCUT2D eigenvalue weighted by Gasteiger charge is -2.30. The summed E-state index contributed by atoms with van der Waals surface area (Å²) in [4.78, 5) is 14.8. The third-order valence-electron chi connectivity index (χ3n) is 6.09. The number of methoxy groups -OCH3 is 1. The molecule has 1 amide bonds. The van der Waals surface area contributed by atoms with E-state index in [9.17, 15) is 4.79 Å². The number of hydrogen-bond donors (Lipinski definition) is 1. The van der Waals surface area contributed by atoms with Gasteiger partial charge in [0.1, 0.15) is 5.75 Å². The summed E-state index contributed by atoms with van der Waals surface area (Å²) in [6.07, 6.45) is 8.95. The highest BCUT2D eigenvalue weighted by atomic mass is 16.5. The standard InChI is InChI=1S/C22H30N4O3/c1-28-19-10-8-17(9-11-19)21-24-25-22(29-21)26-14-12-16(13-15-26)20(27)23-18-6-4-2-3-5-7-18/h8-11,16,18H,2-7,12-15H2,1H3,(H,23,27). The normalized spacial score (nSPS) is 19.0. The maximum atomic E-state index is 12.7. The molecule has 7 heteroatoms. The first-order valence-electron chi connectivity index (χ1n) is 10.8. The highest BCUT2D eigenvalue weighted by Crippen LogP contribution is 2.27. The van der Waals surface area contributed by atoms with Crippen LogP contribution in [0.25, 0.3) is 11.5 Å². The van der Waals surface area contributed by atoms with Gasteiger partial charge in [0, 0.05) is 30.6 Å². The summed E-state index contributed by atoms with van der Waals surface area (Å²) >= 11 is 0. The van der Waals surface area contributed by atoms with Crippen molar-refractivity contribution in [1.82, 2.24) is 15.5 Å². The van der Waals surface area contributed by atoms with E-state index < -0.39 is 0 Å². The Balaban J connectivity index is 1.30. The Morgan fingerprint density at radius 1 is 1.03 bits per heavy atom. The second kappa shape index (κ2) is 9.29. The minimum absolute atomic E-state index is 0.0819. The van der Waals surface area contributed by atoms with Crippen molar-refractivity contribution in [3.63, 3.8) is 0 Å². The Morgan fingerprint density at radius 3 is 2.38 bits per heavy atom. The molecule has 1 saturated heterocycles. The number of nitrogens with one attached hydrogen (secondary N) is 1. The monoisotopic (exact) mass is 398 g/mol. The summed E-state index contributed by atoms with van der Waals surface area (Å²) in [7, 11) is 1.64. The number of rotatable bonds is 5. The summed E-state index contributed by atoms with van der Waals surface area (Å²) < 4.78 is 11.1. The van der Waals surface area contributed by atoms with Crippen LogP contribution in [0.3, 0.4) is 0 Å². The van der Waals surface area contributed by atoms with Gasteiger partial charge in [-0.05, 0) is 49.9 Å². The van der Waals surface area contributed by atoms with Gasteiger partial charge in [-0.3, -0.25) is 4.79 Å². The first-order valence-corrected chi connectivity index (χ1v) is 10.8. The minimum atomic E-state index is 0.0819. The summed E-state index contributed by atoms with van der Waals surface area (Å²) in [6, 6.07) is 8.44. The molecule has 0 spiro atoms. The van der Waals surface area contributed by atoms with Gasteiger partial charge in [-0.1, -0.05) is 30.8 Å². The summed E-state index contributed by atoms with van der Waals surface area (Å²) in [6.45, 7) is 1.51. The lowest BCUT2D eigenvalue weighted by atomic mass is 9.95. The lowest BCUT2D eigenvalue weighted by Crippen LogP contribution is -2.44. The summed E-state index contributed by atoms with van der Waals surface area (Å²) in [5, 5.41) is 11.7. The van der Waals surface area contributed by atoms with Crippen molar-refractivity contribution in [1.29, 1.82) is 0 Å². The van der Waals surface area contributed by atoms with Gasteiger partial charge in [0.2, 0.25) is 11.8 Å². The highest BCUT2D eigenvalue weighted by Gasteiger charge is 2.28. The van der Waals surface area contributed by atoms with Crippen LogP contribution in [0.4, 0.5) is 6.01 Å². The van der Waals surface area contributed by atoms with Crippen LogP contribution in [0.2, 0.25) is 0 Å². The van der Waals surface area contributed by atoms with Gasteiger partial charge in [-0.15, -0.1) is 5.10 Å². The molecule has 1 aromatic heterocycles. The van der Waals surface area contributed by atoms with E-state index in [-0.39, 0.29) is 11.8 Å². The van der Waals surface area contributed by atoms with Gasteiger partial charge in [0.05, 0.1) is 7.11 Å². The lowest BCUT2D eigenvalue weighted by molar-refractivity contribution is -0.126. The number of carbonyl (C=O) groups excluding carboxylic acids is 1. The van der Waals surface area contributed by atoms with Crippen molar-refractivity contribution in [2.75, 3.05) is 25.1 Å². The predicted octanol–water partition coefficient (Wildman–Crippen LogP) is 3.80. The second-order valence-corrected chi connectivity index (χ2v) is 8.08. The molecule has 4 rings (SSSR count). The van der Waals surface area contributed by atoms with Crippen LogP contribution in [0.1, 0.15) is 51.4 Å². The molecule has 7 nitrogen and oxygen atoms in total. The van der Waals surface area contributed by atoms with Crippen LogP contribution < -0.4 is 15.0 Å². The molecule has 1 aliphatic heterocycles. The fourth-order valence-corrected chi connectivity index (χ4v) is 4.27. The Labute approximate surface area is 171 Å². The number of hydrogen-bond acceptors (Lipinski definition) is 6. The number of anilines is 1. The van der Waals surface area contributed by atoms with Crippen molar-refractivity contribution in [3.05, 3.63) is 24.3 Å². The van der Waals surface area contributed by atoms with E-state index in [2.05, 4.69) is 20.4 Å². The molecule has 0 bridgehead atoms. The SMILES string of the molecule is COc1ccc(-c2nnc(N3CCC(C(=O)NC4CCCCCC4)CC3)o2)cc1. The van der Waals surface area contributed by atoms with E-state index in [4.69, 9.17) is 9.15 Å². The van der Waals surface area contributed by atoms with Gasteiger partial charge in [0.15, 0.2) is 0 Å². The maximum Gasteiger partial charge on any atom is 0.318 e. The maximum absolute atomic E-state index is 12.7. The number of piperidine rings is 1. The number of nitrogens with zero attached hydrogens (tertiary/aromatic N) is 3. The van der Waals surface area contributed by atoms with Crippen LogP contribution in [-0.2, 0) is 4.79 Å². The Morgan fingerprint density at radius 2 is 1.72 bits per heavy atom. The Hall–Kier alpha value is -2.57. The van der Waals surface area contributed by atoms with Crippen LogP contribution >= 0.6 is 0 Å². The molecule has 2 fully saturated rings. The largest absolute Gasteiger partial charge is 0.497 e. The van der Waals surface area contributed by atoms with E-state index in [1.807, 2.05) is 24.3 Å². The molecule has 2 heterocycles. The quantitative estimate of drug-likeness (QED) is 0.772. The summed E-state index contributed by atoms with van der Waals surface area (Å²) in [5.74, 6) is 1.59. The average molecular weight is 399 g/mol. The van der Waals surface area contributed by atoms with Crippen molar-refractivity contribution in [3.8, 4) is 17.2 Å². The number of amides is 1. The van der Waals surface area contributed by atoms with Gasteiger partial charge in [0.25, 0.3) is 0 Å². The van der Waals surface area contributed by atoms with Crippen LogP contribution in [-0.4, -0.2) is 42.3 Å². The number of aromatic nitrogens is 2. The molecule has 2 aromatic rings. The van der Waals surface area contributed by atoms with Gasteiger partial charge < -0.3 is 19.4 Å². The van der Waals surface area contributed by atoms with Crippen LogP contribution in [0.15, 0.2) is 28.7 Å².